The van der Waals surface area contributed by atoms with Crippen LogP contribution in [0.15, 0.2) is 29.4 Å². The van der Waals surface area contributed by atoms with Crippen molar-refractivity contribution < 1.29 is 19.8 Å². The van der Waals surface area contributed by atoms with Crippen molar-refractivity contribution in [2.24, 2.45) is 5.10 Å². The first-order valence-corrected chi connectivity index (χ1v) is 7.90. The molecule has 0 saturated carbocycles. The summed E-state index contributed by atoms with van der Waals surface area (Å²) in [5.74, 6) is 0.283. The highest BCUT2D eigenvalue weighted by atomic mass is 16.3. The summed E-state index contributed by atoms with van der Waals surface area (Å²) in [6.07, 6.45) is 1.52. The Hall–Kier alpha value is -3.36. The molecular formula is C16H19N6O4+. The summed E-state index contributed by atoms with van der Waals surface area (Å²) in [4.78, 5) is 28.5. The first kappa shape index (κ1) is 17.5. The molecule has 0 spiro atoms. The summed E-state index contributed by atoms with van der Waals surface area (Å²) in [7, 11) is 2.94. The number of guanidine groups is 1. The van der Waals surface area contributed by atoms with Crippen LogP contribution in [0.1, 0.15) is 5.56 Å². The number of carbonyl (C=O) groups is 2. The van der Waals surface area contributed by atoms with E-state index in [-0.39, 0.29) is 30.7 Å². The third-order valence-corrected chi connectivity index (χ3v) is 4.14. The van der Waals surface area contributed by atoms with Crippen molar-refractivity contribution in [3.63, 3.8) is 0 Å². The lowest BCUT2D eigenvalue weighted by molar-refractivity contribution is -0.130. The number of imide groups is 1. The number of phenolic OH excluding ortho intramolecular Hbond substituents is 1. The molecule has 1 atom stereocenters. The van der Waals surface area contributed by atoms with Gasteiger partial charge < -0.3 is 10.2 Å². The summed E-state index contributed by atoms with van der Waals surface area (Å²) in [6.45, 7) is -0.0445. The number of benzene rings is 1. The maximum Gasteiger partial charge on any atom is 0.421 e. The number of aromatic hydroxyl groups is 1. The quantitative estimate of drug-likeness (QED) is 0.336. The van der Waals surface area contributed by atoms with Crippen LogP contribution in [0.2, 0.25) is 0 Å². The zero-order valence-electron chi connectivity index (χ0n) is 14.3. The van der Waals surface area contributed by atoms with Crippen LogP contribution in [0.25, 0.3) is 0 Å². The van der Waals surface area contributed by atoms with Gasteiger partial charge in [0, 0.05) is 7.05 Å². The van der Waals surface area contributed by atoms with E-state index in [9.17, 15) is 19.8 Å². The van der Waals surface area contributed by atoms with E-state index < -0.39 is 18.0 Å². The number of amides is 3. The van der Waals surface area contributed by atoms with Gasteiger partial charge in [-0.2, -0.15) is 5.43 Å². The normalized spacial score (nSPS) is 19.8. The molecule has 3 rings (SSSR count). The average molecular weight is 359 g/mol. The third-order valence-electron chi connectivity index (χ3n) is 4.14. The van der Waals surface area contributed by atoms with E-state index in [1.54, 1.807) is 17.0 Å². The number of rotatable bonds is 4. The predicted octanol–water partition coefficient (Wildman–Crippen LogP) is -1.66. The molecule has 3 amide bonds. The summed E-state index contributed by atoms with van der Waals surface area (Å²) in [5, 5.41) is 22.7. The molecule has 1 aromatic carbocycles. The first-order chi connectivity index (χ1) is 12.4. The number of nitrogens with one attached hydrogen (secondary N) is 1. The minimum atomic E-state index is -0.791. The van der Waals surface area contributed by atoms with Crippen molar-refractivity contribution in [3.8, 4) is 5.75 Å². The van der Waals surface area contributed by atoms with Crippen LogP contribution in [-0.2, 0) is 4.79 Å². The van der Waals surface area contributed by atoms with Crippen LogP contribution in [-0.4, -0.2) is 88.1 Å². The van der Waals surface area contributed by atoms with Crippen molar-refractivity contribution in [3.05, 3.63) is 29.8 Å². The Bertz CT molecular complexity index is 828. The molecule has 3 N–H and O–H groups in total. The Morgan fingerprint density at radius 1 is 1.23 bits per heavy atom. The molecule has 1 saturated heterocycles. The Morgan fingerprint density at radius 2 is 1.92 bits per heavy atom. The number of β-amino-alcohol motifs (C(OH)–C–C–N with tert-alkyl or cyclic N) is 1. The highest BCUT2D eigenvalue weighted by Gasteiger charge is 2.54. The number of aliphatic hydroxyl groups is 1. The van der Waals surface area contributed by atoms with Crippen molar-refractivity contribution in [1.29, 1.82) is 0 Å². The lowest BCUT2D eigenvalue weighted by atomic mass is 10.1. The number of hydrogen-bond acceptors (Lipinski definition) is 7. The van der Waals surface area contributed by atoms with Crippen molar-refractivity contribution in [2.75, 3.05) is 27.2 Å². The smallest absolute Gasteiger partial charge is 0.421 e. The van der Waals surface area contributed by atoms with E-state index in [4.69, 9.17) is 0 Å². The van der Waals surface area contributed by atoms with E-state index in [1.807, 2.05) is 0 Å². The van der Waals surface area contributed by atoms with E-state index in [0.717, 1.165) is 10.5 Å². The Kier molecular flexibility index (Phi) is 4.61. The maximum atomic E-state index is 12.5. The molecule has 2 heterocycles. The van der Waals surface area contributed by atoms with E-state index in [1.165, 1.54) is 37.3 Å². The maximum absolute atomic E-state index is 12.5. The third kappa shape index (κ3) is 2.99. The van der Waals surface area contributed by atoms with Gasteiger partial charge in [-0.3, -0.25) is 9.69 Å². The monoisotopic (exact) mass is 359 g/mol. The number of nitrogens with zero attached hydrogens (tertiary/aromatic N) is 5. The second kappa shape index (κ2) is 6.87. The molecule has 0 bridgehead atoms. The average Bonchev–Trinajstić information content (AvgIpc) is 2.99. The Labute approximate surface area is 149 Å². The zero-order chi connectivity index (χ0) is 18.8. The minimum absolute atomic E-state index is 0.149. The molecule has 10 nitrogen and oxygen atoms in total. The SMILES string of the molecule is CN1C(=O)C2C(=[N+]=C(N/N=C/c3ccc(O)cc3)N2CCO)N(C)C1=O. The molecule has 26 heavy (non-hydrogen) atoms. The zero-order valence-corrected chi connectivity index (χ0v) is 14.3. The molecule has 10 heteroatoms. The first-order valence-electron chi connectivity index (χ1n) is 7.90. The lowest BCUT2D eigenvalue weighted by Gasteiger charge is -2.31. The molecule has 2 aliphatic heterocycles. The fraction of sp³-hybridized carbons (Fsp3) is 0.312. The second-order valence-corrected chi connectivity index (χ2v) is 5.81. The molecule has 1 aromatic rings. The number of phenols is 1. The van der Waals surface area contributed by atoms with Crippen LogP contribution in [0.5, 0.6) is 5.75 Å². The van der Waals surface area contributed by atoms with E-state index in [2.05, 4.69) is 15.2 Å². The van der Waals surface area contributed by atoms with Gasteiger partial charge >= 0.3 is 17.8 Å². The van der Waals surface area contributed by atoms with Gasteiger partial charge in [-0.25, -0.2) is 19.3 Å². The predicted molar refractivity (Wildman–Crippen MR) is 94.5 cm³/mol. The fourth-order valence-corrected chi connectivity index (χ4v) is 2.76. The van der Waals surface area contributed by atoms with E-state index in [0.29, 0.717) is 0 Å². The number of urea groups is 1. The van der Waals surface area contributed by atoms with Crippen molar-refractivity contribution in [2.45, 2.75) is 6.04 Å². The lowest BCUT2D eigenvalue weighted by Crippen LogP contribution is -2.64. The van der Waals surface area contributed by atoms with Gasteiger partial charge in [0.05, 0.1) is 26.4 Å². The van der Waals surface area contributed by atoms with Gasteiger partial charge in [0.15, 0.2) is 0 Å². The van der Waals surface area contributed by atoms with Gasteiger partial charge in [0.25, 0.3) is 5.91 Å². The van der Waals surface area contributed by atoms with Gasteiger partial charge in [0.2, 0.25) is 6.04 Å². The van der Waals surface area contributed by atoms with Crippen LogP contribution in [0.4, 0.5) is 4.79 Å². The fourth-order valence-electron chi connectivity index (χ4n) is 2.76. The summed E-state index contributed by atoms with van der Waals surface area (Å²) in [6, 6.07) is 5.17. The number of hydrazone groups is 1. The van der Waals surface area contributed by atoms with Gasteiger partial charge in [-0.1, -0.05) is 0 Å². The van der Waals surface area contributed by atoms with Crippen LogP contribution < -0.4 is 10.1 Å². The molecule has 2 aliphatic rings. The van der Waals surface area contributed by atoms with Crippen LogP contribution >= 0.6 is 0 Å². The number of aliphatic hydroxyl groups excluding tert-OH is 1. The molecule has 136 valence electrons. The largest absolute Gasteiger partial charge is 0.508 e. The highest BCUT2D eigenvalue weighted by Crippen LogP contribution is 2.17. The highest BCUT2D eigenvalue weighted by molar-refractivity contribution is 6.23. The second-order valence-electron chi connectivity index (χ2n) is 5.81. The molecule has 0 aromatic heterocycles. The standard InChI is InChI=1S/C16H18N6O4/c1-20-13-12(14(25)21(2)16(20)26)22(7-8-23)15(18-13)19-17-9-10-3-5-11(24)6-4-10/h3-6,9,12,23H,7-8H2,1-2H3,(H,17,24)/p+1. The molecule has 1 unspecified atom stereocenters. The van der Waals surface area contributed by atoms with E-state index >= 15 is 0 Å². The molecule has 1 fully saturated rings. The summed E-state index contributed by atoms with van der Waals surface area (Å²) >= 11 is 0. The number of fused-ring (bicyclic) bond motifs is 1. The molecule has 0 radical (unpaired) electrons. The Morgan fingerprint density at radius 3 is 2.58 bits per heavy atom. The van der Waals surface area contributed by atoms with Crippen molar-refractivity contribution in [1.82, 2.24) is 24.8 Å². The van der Waals surface area contributed by atoms with Gasteiger partial charge in [-0.05, 0) is 29.8 Å². The molecular weight excluding hydrogens is 340 g/mol. The topological polar surface area (TPSA) is 123 Å². The number of hydrogen-bond donors (Lipinski definition) is 3. The number of likely N-dealkylation sites (N-methyl/N-ethyl adjacent to an activating group) is 2. The van der Waals surface area contributed by atoms with Gasteiger partial charge in [-0.15, -0.1) is 5.10 Å². The molecule has 0 aliphatic carbocycles. The van der Waals surface area contributed by atoms with Crippen LogP contribution in [0, 0.1) is 0 Å². The van der Waals surface area contributed by atoms with Crippen LogP contribution in [0.3, 0.4) is 0 Å². The minimum Gasteiger partial charge on any atom is -0.508 e. The number of carbonyl (C=O) groups excluding carboxylic acids is 2. The summed E-state index contributed by atoms with van der Waals surface area (Å²) in [5.41, 5.74) is 3.50. The number of amidine groups is 1. The summed E-state index contributed by atoms with van der Waals surface area (Å²) < 4.78 is 4.31. The van der Waals surface area contributed by atoms with Gasteiger partial charge in [0.1, 0.15) is 5.75 Å². The Balaban J connectivity index is 1.84. The van der Waals surface area contributed by atoms with Crippen molar-refractivity contribution >= 4 is 29.9 Å².